The van der Waals surface area contributed by atoms with Crippen molar-refractivity contribution in [2.24, 2.45) is 5.92 Å². The maximum atomic E-state index is 12.5. The minimum atomic E-state index is -1.15. The Morgan fingerprint density at radius 3 is 2.14 bits per heavy atom. The summed E-state index contributed by atoms with van der Waals surface area (Å²) in [7, 11) is 0. The number of hydrogen-bond donors (Lipinski definition) is 4. The number of fused-ring (bicyclic) bond motifs is 3. The van der Waals surface area contributed by atoms with Gasteiger partial charge in [-0.1, -0.05) is 48.5 Å². The Balaban J connectivity index is 1.19. The van der Waals surface area contributed by atoms with E-state index in [4.69, 9.17) is 9.84 Å². The first-order chi connectivity index (χ1) is 16.9. The lowest BCUT2D eigenvalue weighted by atomic mass is 9.98. The fourth-order valence-electron chi connectivity index (χ4n) is 4.95. The fourth-order valence-corrected chi connectivity index (χ4v) is 4.95. The van der Waals surface area contributed by atoms with Crippen molar-refractivity contribution in [1.29, 1.82) is 0 Å². The first kappa shape index (κ1) is 24.3. The maximum Gasteiger partial charge on any atom is 0.407 e. The molecule has 0 saturated heterocycles. The van der Waals surface area contributed by atoms with Gasteiger partial charge in [-0.2, -0.15) is 0 Å². The van der Waals surface area contributed by atoms with E-state index in [-0.39, 0.29) is 43.4 Å². The van der Waals surface area contributed by atoms with Gasteiger partial charge >= 0.3 is 12.1 Å². The zero-order valence-corrected chi connectivity index (χ0v) is 19.3. The van der Waals surface area contributed by atoms with Crippen LogP contribution in [-0.2, 0) is 19.1 Å². The molecule has 4 rings (SSSR count). The van der Waals surface area contributed by atoms with Crippen LogP contribution in [0.5, 0.6) is 0 Å². The highest BCUT2D eigenvalue weighted by molar-refractivity contribution is 5.86. The van der Waals surface area contributed by atoms with Crippen LogP contribution in [0.25, 0.3) is 11.1 Å². The van der Waals surface area contributed by atoms with Crippen molar-refractivity contribution in [2.45, 2.75) is 37.6 Å². The van der Waals surface area contributed by atoms with E-state index in [0.29, 0.717) is 6.42 Å². The lowest BCUT2D eigenvalue weighted by molar-refractivity contribution is -0.137. The molecular formula is C26H29N3O6. The Morgan fingerprint density at radius 1 is 0.857 bits per heavy atom. The monoisotopic (exact) mass is 479 g/mol. The Kier molecular flexibility index (Phi) is 7.64. The number of carbonyl (C=O) groups excluding carboxylic acids is 3. The standard InChI is InChI=1S/C26H29N3O6/c30-23(27-13-24(31)28-14-25(32)33)12-16-9-10-17(11-16)29-26(34)35-15-22-20-7-3-1-5-18(20)19-6-2-4-8-21(19)22/h1-8,16-17,22H,9-15H2,(H,27,30)(H,28,31)(H,29,34)(H,32,33). The lowest BCUT2D eigenvalue weighted by Crippen LogP contribution is -2.39. The minimum absolute atomic E-state index is 0.000807. The van der Waals surface area contributed by atoms with Crippen LogP contribution in [0.1, 0.15) is 42.7 Å². The van der Waals surface area contributed by atoms with Gasteiger partial charge in [-0.25, -0.2) is 4.79 Å². The van der Waals surface area contributed by atoms with Crippen molar-refractivity contribution in [1.82, 2.24) is 16.0 Å². The minimum Gasteiger partial charge on any atom is -0.480 e. The number of carboxylic acids is 1. The van der Waals surface area contributed by atoms with Gasteiger partial charge in [-0.15, -0.1) is 0 Å². The second kappa shape index (κ2) is 11.0. The van der Waals surface area contributed by atoms with Crippen molar-refractivity contribution in [3.8, 4) is 11.1 Å². The van der Waals surface area contributed by atoms with E-state index < -0.39 is 24.5 Å². The van der Waals surface area contributed by atoms with Crippen LogP contribution in [-0.4, -0.2) is 54.7 Å². The van der Waals surface area contributed by atoms with E-state index in [1.54, 1.807) is 0 Å². The molecular weight excluding hydrogens is 450 g/mol. The van der Waals surface area contributed by atoms with Gasteiger partial charge in [-0.05, 0) is 47.4 Å². The Bertz CT molecular complexity index is 1070. The topological polar surface area (TPSA) is 134 Å². The van der Waals surface area contributed by atoms with Crippen molar-refractivity contribution < 1.29 is 29.0 Å². The quantitative estimate of drug-likeness (QED) is 0.436. The zero-order chi connectivity index (χ0) is 24.8. The maximum absolute atomic E-state index is 12.5. The van der Waals surface area contributed by atoms with E-state index in [2.05, 4.69) is 40.2 Å². The van der Waals surface area contributed by atoms with Gasteiger partial charge < -0.3 is 25.8 Å². The number of ether oxygens (including phenoxy) is 1. The molecule has 1 fully saturated rings. The molecule has 0 aliphatic heterocycles. The first-order valence-electron chi connectivity index (χ1n) is 11.8. The molecule has 2 aliphatic carbocycles. The number of hydrogen-bond acceptors (Lipinski definition) is 5. The zero-order valence-electron chi connectivity index (χ0n) is 19.3. The van der Waals surface area contributed by atoms with E-state index in [1.807, 2.05) is 24.3 Å². The molecule has 0 radical (unpaired) electrons. The lowest BCUT2D eigenvalue weighted by Gasteiger charge is -2.17. The van der Waals surface area contributed by atoms with E-state index in [9.17, 15) is 19.2 Å². The van der Waals surface area contributed by atoms with Crippen LogP contribution >= 0.6 is 0 Å². The van der Waals surface area contributed by atoms with Gasteiger partial charge in [0.15, 0.2) is 0 Å². The molecule has 1 saturated carbocycles. The molecule has 2 aromatic carbocycles. The normalized spacial score (nSPS) is 18.3. The van der Waals surface area contributed by atoms with Crippen LogP contribution in [0.2, 0.25) is 0 Å². The molecule has 4 N–H and O–H groups in total. The van der Waals surface area contributed by atoms with Crippen molar-refractivity contribution in [3.05, 3.63) is 59.7 Å². The Morgan fingerprint density at radius 2 is 1.49 bits per heavy atom. The van der Waals surface area contributed by atoms with Crippen molar-refractivity contribution in [3.63, 3.8) is 0 Å². The summed E-state index contributed by atoms with van der Waals surface area (Å²) in [5.74, 6) is -1.88. The smallest absolute Gasteiger partial charge is 0.407 e. The van der Waals surface area contributed by atoms with Gasteiger partial charge in [-0.3, -0.25) is 14.4 Å². The van der Waals surface area contributed by atoms with Crippen LogP contribution in [0.15, 0.2) is 48.5 Å². The Labute approximate surface area is 203 Å². The average molecular weight is 480 g/mol. The van der Waals surface area contributed by atoms with Gasteiger partial charge in [0.05, 0.1) is 6.54 Å². The molecule has 0 heterocycles. The molecule has 0 spiro atoms. The fraction of sp³-hybridized carbons (Fsp3) is 0.385. The third-order valence-corrected chi connectivity index (χ3v) is 6.56. The highest BCUT2D eigenvalue weighted by atomic mass is 16.5. The number of carbonyl (C=O) groups is 4. The van der Waals surface area contributed by atoms with Crippen LogP contribution < -0.4 is 16.0 Å². The number of nitrogens with one attached hydrogen (secondary N) is 3. The van der Waals surface area contributed by atoms with Gasteiger partial charge in [0, 0.05) is 18.4 Å². The molecule has 184 valence electrons. The second-order valence-corrected chi connectivity index (χ2v) is 9.00. The summed E-state index contributed by atoms with van der Waals surface area (Å²) < 4.78 is 5.61. The molecule has 2 aliphatic rings. The highest BCUT2D eigenvalue weighted by Crippen LogP contribution is 2.44. The highest BCUT2D eigenvalue weighted by Gasteiger charge is 2.31. The summed E-state index contributed by atoms with van der Waals surface area (Å²) in [6, 6.07) is 16.3. The number of carboxylic acid groups (broad SMARTS) is 1. The molecule has 2 aromatic rings. The van der Waals surface area contributed by atoms with Crippen LogP contribution in [0.4, 0.5) is 4.79 Å². The summed E-state index contributed by atoms with van der Waals surface area (Å²) in [5.41, 5.74) is 4.66. The van der Waals surface area contributed by atoms with Crippen molar-refractivity contribution in [2.75, 3.05) is 19.7 Å². The summed E-state index contributed by atoms with van der Waals surface area (Å²) in [6.07, 6.45) is 1.98. The number of amides is 3. The van der Waals surface area contributed by atoms with Crippen LogP contribution in [0, 0.1) is 5.92 Å². The van der Waals surface area contributed by atoms with E-state index in [1.165, 1.54) is 11.1 Å². The number of benzene rings is 2. The summed E-state index contributed by atoms with van der Waals surface area (Å²) in [5, 5.41) is 16.2. The predicted octanol–water partition coefficient (Wildman–Crippen LogP) is 2.40. The summed E-state index contributed by atoms with van der Waals surface area (Å²) in [6.45, 7) is -0.497. The third-order valence-electron chi connectivity index (χ3n) is 6.56. The van der Waals surface area contributed by atoms with Gasteiger partial charge in [0.2, 0.25) is 11.8 Å². The van der Waals surface area contributed by atoms with Gasteiger partial charge in [0.1, 0.15) is 13.2 Å². The third kappa shape index (κ3) is 6.17. The summed E-state index contributed by atoms with van der Waals surface area (Å²) >= 11 is 0. The Hall–Kier alpha value is -3.88. The second-order valence-electron chi connectivity index (χ2n) is 9.00. The molecule has 9 heteroatoms. The SMILES string of the molecule is O=C(O)CNC(=O)CNC(=O)CC1CCC(NC(=O)OCC2c3ccccc3-c3ccccc32)C1. The molecule has 0 bridgehead atoms. The van der Waals surface area contributed by atoms with Crippen molar-refractivity contribution >= 4 is 23.9 Å². The largest absolute Gasteiger partial charge is 0.480 e. The number of rotatable bonds is 9. The predicted molar refractivity (Wildman–Crippen MR) is 128 cm³/mol. The summed E-state index contributed by atoms with van der Waals surface area (Å²) in [4.78, 5) is 46.5. The molecule has 3 amide bonds. The molecule has 2 atom stereocenters. The molecule has 35 heavy (non-hydrogen) atoms. The molecule has 9 nitrogen and oxygen atoms in total. The van der Waals surface area contributed by atoms with E-state index in [0.717, 1.165) is 24.0 Å². The molecule has 2 unspecified atom stereocenters. The first-order valence-corrected chi connectivity index (χ1v) is 11.8. The average Bonchev–Trinajstić information content (AvgIpc) is 3.41. The number of aliphatic carboxylic acids is 1. The van der Waals surface area contributed by atoms with Crippen LogP contribution in [0.3, 0.4) is 0 Å². The van der Waals surface area contributed by atoms with Gasteiger partial charge in [0.25, 0.3) is 0 Å². The molecule has 0 aromatic heterocycles. The van der Waals surface area contributed by atoms with E-state index >= 15 is 0 Å². The number of alkyl carbamates (subject to hydrolysis) is 1.